The summed E-state index contributed by atoms with van der Waals surface area (Å²) in [6.07, 6.45) is 1.71. The quantitative estimate of drug-likeness (QED) is 0.814. The van der Waals surface area contributed by atoms with E-state index in [4.69, 9.17) is 5.73 Å². The lowest BCUT2D eigenvalue weighted by atomic mass is 10.2. The fourth-order valence-electron chi connectivity index (χ4n) is 1.70. The molecule has 0 fully saturated rings. The standard InChI is InChI=1S/C13H15N3O3S/c1-7-3-4-15-9-5-10(20-11(7)9)12(17)16-6-8(14)13(18)19-2/h3-5,8H,6,14H2,1-2H3,(H,16,17)/t8-/m1/s1. The Labute approximate surface area is 119 Å². The summed E-state index contributed by atoms with van der Waals surface area (Å²) in [5.41, 5.74) is 7.42. The Balaban J connectivity index is 2.08. The first kappa shape index (κ1) is 14.4. The molecule has 0 aliphatic heterocycles. The number of aromatic nitrogens is 1. The molecule has 0 aliphatic carbocycles. The molecule has 0 aromatic carbocycles. The zero-order chi connectivity index (χ0) is 14.7. The lowest BCUT2D eigenvalue weighted by Crippen LogP contribution is -2.42. The third kappa shape index (κ3) is 2.94. The van der Waals surface area contributed by atoms with Crippen molar-refractivity contribution in [3.63, 3.8) is 0 Å². The largest absolute Gasteiger partial charge is 0.468 e. The summed E-state index contributed by atoms with van der Waals surface area (Å²) in [5, 5.41) is 2.61. The van der Waals surface area contributed by atoms with E-state index < -0.39 is 12.0 Å². The lowest BCUT2D eigenvalue weighted by molar-refractivity contribution is -0.141. The zero-order valence-corrected chi connectivity index (χ0v) is 12.0. The number of nitrogens with zero attached hydrogens (tertiary/aromatic N) is 1. The van der Waals surface area contributed by atoms with Gasteiger partial charge in [0.15, 0.2) is 0 Å². The summed E-state index contributed by atoms with van der Waals surface area (Å²) in [4.78, 5) is 27.9. The number of fused-ring (bicyclic) bond motifs is 1. The van der Waals surface area contributed by atoms with Gasteiger partial charge in [0.2, 0.25) is 0 Å². The van der Waals surface area contributed by atoms with E-state index in [-0.39, 0.29) is 12.5 Å². The Morgan fingerprint density at radius 2 is 2.30 bits per heavy atom. The van der Waals surface area contributed by atoms with Gasteiger partial charge >= 0.3 is 5.97 Å². The van der Waals surface area contributed by atoms with Crippen molar-refractivity contribution in [2.75, 3.05) is 13.7 Å². The second-order valence-corrected chi connectivity index (χ2v) is 5.34. The smallest absolute Gasteiger partial charge is 0.324 e. The molecular formula is C13H15N3O3S. The van der Waals surface area contributed by atoms with Crippen molar-refractivity contribution in [2.45, 2.75) is 13.0 Å². The van der Waals surface area contributed by atoms with Crippen molar-refractivity contribution in [1.29, 1.82) is 0 Å². The van der Waals surface area contributed by atoms with Gasteiger partial charge in [-0.05, 0) is 24.6 Å². The van der Waals surface area contributed by atoms with Gasteiger partial charge < -0.3 is 15.8 Å². The lowest BCUT2D eigenvalue weighted by Gasteiger charge is -2.09. The first-order valence-corrected chi connectivity index (χ1v) is 6.81. The Hall–Kier alpha value is -1.99. The maximum Gasteiger partial charge on any atom is 0.324 e. The monoisotopic (exact) mass is 293 g/mol. The van der Waals surface area contributed by atoms with E-state index in [0.29, 0.717) is 4.88 Å². The Morgan fingerprint density at radius 1 is 1.55 bits per heavy atom. The number of pyridine rings is 1. The highest BCUT2D eigenvalue weighted by molar-refractivity contribution is 7.20. The molecule has 6 nitrogen and oxygen atoms in total. The van der Waals surface area contributed by atoms with Crippen LogP contribution in [0.15, 0.2) is 18.3 Å². The molecule has 0 saturated heterocycles. The van der Waals surface area contributed by atoms with Gasteiger partial charge in [-0.1, -0.05) is 0 Å². The molecule has 0 saturated carbocycles. The van der Waals surface area contributed by atoms with Gasteiger partial charge in [-0.15, -0.1) is 11.3 Å². The van der Waals surface area contributed by atoms with Crippen molar-refractivity contribution in [3.05, 3.63) is 28.8 Å². The highest BCUT2D eigenvalue weighted by Crippen LogP contribution is 2.26. The maximum absolute atomic E-state index is 12.0. The summed E-state index contributed by atoms with van der Waals surface area (Å²) in [7, 11) is 1.25. The Bertz CT molecular complexity index is 653. The average molecular weight is 293 g/mol. The SMILES string of the molecule is COC(=O)[C@H](N)CNC(=O)c1cc2nccc(C)c2s1. The van der Waals surface area contributed by atoms with Crippen molar-refractivity contribution < 1.29 is 14.3 Å². The van der Waals surface area contributed by atoms with E-state index in [2.05, 4.69) is 15.0 Å². The molecule has 2 aromatic rings. The topological polar surface area (TPSA) is 94.3 Å². The number of aryl methyl sites for hydroxylation is 1. The molecule has 0 spiro atoms. The number of thiophene rings is 1. The third-order valence-corrected chi connectivity index (χ3v) is 4.08. The number of methoxy groups -OCH3 is 1. The fourth-order valence-corrected chi connectivity index (χ4v) is 2.70. The van der Waals surface area contributed by atoms with E-state index >= 15 is 0 Å². The molecule has 106 valence electrons. The van der Waals surface area contributed by atoms with Gasteiger partial charge in [-0.2, -0.15) is 0 Å². The number of carbonyl (C=O) groups excluding carboxylic acids is 2. The van der Waals surface area contributed by atoms with Gasteiger partial charge in [0.1, 0.15) is 6.04 Å². The fraction of sp³-hybridized carbons (Fsp3) is 0.308. The molecule has 1 amide bonds. The van der Waals surface area contributed by atoms with Crippen LogP contribution in [0.4, 0.5) is 0 Å². The predicted octanol–water partition coefficient (Wildman–Crippen LogP) is 0.835. The number of carbonyl (C=O) groups is 2. The molecule has 7 heteroatoms. The Morgan fingerprint density at radius 3 is 2.95 bits per heavy atom. The van der Waals surface area contributed by atoms with Gasteiger partial charge in [0, 0.05) is 12.7 Å². The number of nitrogens with one attached hydrogen (secondary N) is 1. The zero-order valence-electron chi connectivity index (χ0n) is 11.2. The molecule has 0 bridgehead atoms. The van der Waals surface area contributed by atoms with Gasteiger partial charge in [0.25, 0.3) is 5.91 Å². The Kier molecular flexibility index (Phi) is 4.31. The number of hydrogen-bond acceptors (Lipinski definition) is 6. The second kappa shape index (κ2) is 5.98. The number of ether oxygens (including phenoxy) is 1. The van der Waals surface area contributed by atoms with E-state index in [1.807, 2.05) is 13.0 Å². The van der Waals surface area contributed by atoms with Crippen LogP contribution in [-0.4, -0.2) is 36.6 Å². The van der Waals surface area contributed by atoms with E-state index in [9.17, 15) is 9.59 Å². The molecule has 0 aliphatic rings. The number of amides is 1. The molecule has 0 radical (unpaired) electrons. The van der Waals surface area contributed by atoms with E-state index in [1.54, 1.807) is 12.3 Å². The van der Waals surface area contributed by atoms with E-state index in [0.717, 1.165) is 15.8 Å². The van der Waals surface area contributed by atoms with Gasteiger partial charge in [-0.3, -0.25) is 14.6 Å². The summed E-state index contributed by atoms with van der Waals surface area (Å²) in [6, 6.07) is 2.76. The van der Waals surface area contributed by atoms with Crippen molar-refractivity contribution >= 4 is 33.4 Å². The van der Waals surface area contributed by atoms with Gasteiger partial charge in [0.05, 0.1) is 22.2 Å². The maximum atomic E-state index is 12.0. The van der Waals surface area contributed by atoms with Crippen molar-refractivity contribution in [1.82, 2.24) is 10.3 Å². The van der Waals surface area contributed by atoms with Crippen LogP contribution in [0.5, 0.6) is 0 Å². The van der Waals surface area contributed by atoms with E-state index in [1.165, 1.54) is 18.4 Å². The second-order valence-electron chi connectivity index (χ2n) is 4.29. The molecular weight excluding hydrogens is 278 g/mol. The highest BCUT2D eigenvalue weighted by Gasteiger charge is 2.17. The number of esters is 1. The van der Waals surface area contributed by atoms with Crippen molar-refractivity contribution in [2.24, 2.45) is 5.73 Å². The minimum Gasteiger partial charge on any atom is -0.468 e. The van der Waals surface area contributed by atoms with Crippen LogP contribution in [0.3, 0.4) is 0 Å². The van der Waals surface area contributed by atoms with Crippen LogP contribution in [0.2, 0.25) is 0 Å². The van der Waals surface area contributed by atoms with Crippen LogP contribution in [-0.2, 0) is 9.53 Å². The molecule has 0 unspecified atom stereocenters. The highest BCUT2D eigenvalue weighted by atomic mass is 32.1. The van der Waals surface area contributed by atoms with Crippen LogP contribution < -0.4 is 11.1 Å². The summed E-state index contributed by atoms with van der Waals surface area (Å²) in [6.45, 7) is 2.00. The summed E-state index contributed by atoms with van der Waals surface area (Å²) in [5.74, 6) is -0.828. The number of rotatable bonds is 4. The third-order valence-electron chi connectivity index (χ3n) is 2.82. The number of nitrogens with two attached hydrogens (primary N) is 1. The van der Waals surface area contributed by atoms with Gasteiger partial charge in [-0.25, -0.2) is 0 Å². The summed E-state index contributed by atoms with van der Waals surface area (Å²) < 4.78 is 5.47. The van der Waals surface area contributed by atoms with Crippen LogP contribution in [0, 0.1) is 6.92 Å². The molecule has 2 aromatic heterocycles. The summed E-state index contributed by atoms with van der Waals surface area (Å²) >= 11 is 1.37. The molecule has 3 N–H and O–H groups in total. The molecule has 20 heavy (non-hydrogen) atoms. The minimum absolute atomic E-state index is 0.0339. The predicted molar refractivity (Wildman–Crippen MR) is 76.7 cm³/mol. The first-order valence-electron chi connectivity index (χ1n) is 5.99. The first-order chi connectivity index (χ1) is 9.52. The number of hydrogen-bond donors (Lipinski definition) is 2. The van der Waals surface area contributed by atoms with Crippen molar-refractivity contribution in [3.8, 4) is 0 Å². The van der Waals surface area contributed by atoms with Crippen LogP contribution in [0.1, 0.15) is 15.2 Å². The minimum atomic E-state index is -0.863. The molecule has 1 atom stereocenters. The molecule has 2 heterocycles. The van der Waals surface area contributed by atoms with Crippen LogP contribution in [0.25, 0.3) is 10.2 Å². The average Bonchev–Trinajstić information content (AvgIpc) is 2.89. The normalized spacial score (nSPS) is 12.2. The molecule has 2 rings (SSSR count). The van der Waals surface area contributed by atoms with Crippen LogP contribution >= 0.6 is 11.3 Å².